The molecule has 1 heterocycles. The van der Waals surface area contributed by atoms with Gasteiger partial charge in [0.1, 0.15) is 0 Å². The minimum Gasteiger partial charge on any atom is -0.351 e. The minimum absolute atomic E-state index is 0.0322. The van der Waals surface area contributed by atoms with Crippen LogP contribution < -0.4 is 16.6 Å². The molecule has 0 aliphatic heterocycles. The Labute approximate surface area is 111 Å². The number of hydrogen-bond acceptors (Lipinski definition) is 4. The van der Waals surface area contributed by atoms with Gasteiger partial charge in [-0.15, -0.1) is 0 Å². The highest BCUT2D eigenvalue weighted by Gasteiger charge is 2.41. The molecule has 4 N–H and O–H groups in total. The summed E-state index contributed by atoms with van der Waals surface area (Å²) in [5, 5.41) is 2.80. The second kappa shape index (κ2) is 5.52. The van der Waals surface area contributed by atoms with Crippen molar-refractivity contribution in [3.8, 4) is 0 Å². The van der Waals surface area contributed by atoms with Gasteiger partial charge in [0, 0.05) is 12.7 Å². The molecule has 6 heteroatoms. The average molecular weight is 266 g/mol. The first kappa shape index (κ1) is 13.7. The monoisotopic (exact) mass is 266 g/mol. The van der Waals surface area contributed by atoms with E-state index >= 15 is 0 Å². The van der Waals surface area contributed by atoms with Crippen LogP contribution in [0.3, 0.4) is 0 Å². The maximum Gasteiger partial charge on any atom is 0.254 e. The van der Waals surface area contributed by atoms with Crippen molar-refractivity contribution in [3.05, 3.63) is 23.6 Å². The maximum absolute atomic E-state index is 13.8. The molecule has 104 valence electrons. The number of hydrogen-bond donors (Lipinski definition) is 3. The number of nitrogens with two attached hydrogens (primary N) is 1. The Balaban J connectivity index is 2.00. The van der Waals surface area contributed by atoms with E-state index in [1.54, 1.807) is 0 Å². The van der Waals surface area contributed by atoms with Crippen LogP contribution in [-0.4, -0.2) is 17.4 Å². The lowest BCUT2D eigenvalue weighted by molar-refractivity contribution is 0.0939. The van der Waals surface area contributed by atoms with Crippen molar-refractivity contribution in [2.75, 3.05) is 12.0 Å². The fraction of sp³-hybridized carbons (Fsp3) is 0.538. The van der Waals surface area contributed by atoms with Gasteiger partial charge in [-0.3, -0.25) is 4.79 Å². The molecule has 2 rings (SSSR count). The number of nitrogen functional groups attached to an aromatic ring is 1. The van der Waals surface area contributed by atoms with E-state index in [0.29, 0.717) is 6.54 Å². The van der Waals surface area contributed by atoms with Gasteiger partial charge in [-0.25, -0.2) is 15.2 Å². The number of amides is 1. The zero-order valence-corrected chi connectivity index (χ0v) is 11.0. The lowest BCUT2D eigenvalue weighted by Crippen LogP contribution is -2.31. The summed E-state index contributed by atoms with van der Waals surface area (Å²) in [5.74, 6) is 3.87. The van der Waals surface area contributed by atoms with Crippen LogP contribution in [0.1, 0.15) is 43.0 Å². The van der Waals surface area contributed by atoms with Gasteiger partial charge in [0.25, 0.3) is 5.91 Å². The van der Waals surface area contributed by atoms with Crippen molar-refractivity contribution in [1.29, 1.82) is 0 Å². The summed E-state index contributed by atoms with van der Waals surface area (Å²) in [7, 11) is 0. The summed E-state index contributed by atoms with van der Waals surface area (Å²) in [4.78, 5) is 15.7. The molecule has 0 bridgehead atoms. The Bertz CT molecular complexity index is 474. The second-order valence-electron chi connectivity index (χ2n) is 5.10. The van der Waals surface area contributed by atoms with Gasteiger partial charge in [-0.2, -0.15) is 0 Å². The maximum atomic E-state index is 13.8. The van der Waals surface area contributed by atoms with E-state index in [9.17, 15) is 9.18 Å². The van der Waals surface area contributed by atoms with Crippen LogP contribution in [0.15, 0.2) is 12.3 Å². The quantitative estimate of drug-likeness (QED) is 0.542. The molecule has 1 aliphatic rings. The van der Waals surface area contributed by atoms with Crippen molar-refractivity contribution in [2.45, 2.75) is 32.6 Å². The number of anilines is 1. The van der Waals surface area contributed by atoms with Crippen molar-refractivity contribution in [3.63, 3.8) is 0 Å². The first-order valence-corrected chi connectivity index (χ1v) is 6.51. The fourth-order valence-corrected chi connectivity index (χ4v) is 2.31. The first-order chi connectivity index (χ1) is 9.12. The van der Waals surface area contributed by atoms with Crippen LogP contribution in [-0.2, 0) is 0 Å². The third-order valence-corrected chi connectivity index (χ3v) is 3.63. The standard InChI is InChI=1S/C13H19FN4O/c1-2-4-13(5-6-13)8-17-12(19)9-3-7-16-11(18-15)10(9)14/h3,7H,2,4-6,8,15H2,1H3,(H,16,18)(H,17,19). The molecule has 0 saturated heterocycles. The van der Waals surface area contributed by atoms with Crippen LogP contribution in [0.4, 0.5) is 10.2 Å². The average Bonchev–Trinajstić information content (AvgIpc) is 3.17. The van der Waals surface area contributed by atoms with E-state index in [2.05, 4.69) is 22.7 Å². The van der Waals surface area contributed by atoms with E-state index in [-0.39, 0.29) is 16.8 Å². The molecule has 0 radical (unpaired) electrons. The predicted molar refractivity (Wildman–Crippen MR) is 70.9 cm³/mol. The molecule has 0 atom stereocenters. The van der Waals surface area contributed by atoms with Gasteiger partial charge >= 0.3 is 0 Å². The largest absolute Gasteiger partial charge is 0.351 e. The van der Waals surface area contributed by atoms with Crippen LogP contribution >= 0.6 is 0 Å². The minimum atomic E-state index is -0.720. The molecular formula is C13H19FN4O. The lowest BCUT2D eigenvalue weighted by atomic mass is 10.0. The molecule has 1 aromatic rings. The van der Waals surface area contributed by atoms with Crippen molar-refractivity contribution in [1.82, 2.24) is 10.3 Å². The Kier molecular flexibility index (Phi) is 3.99. The summed E-state index contributed by atoms with van der Waals surface area (Å²) < 4.78 is 13.8. The zero-order valence-electron chi connectivity index (χ0n) is 11.0. The summed E-state index contributed by atoms with van der Waals surface area (Å²) in [6, 6.07) is 1.35. The van der Waals surface area contributed by atoms with E-state index in [1.807, 2.05) is 0 Å². The highest BCUT2D eigenvalue weighted by atomic mass is 19.1. The molecule has 1 aliphatic carbocycles. The number of carbonyl (C=O) groups excluding carboxylic acids is 1. The number of nitrogens with one attached hydrogen (secondary N) is 2. The number of carbonyl (C=O) groups is 1. The van der Waals surface area contributed by atoms with E-state index < -0.39 is 11.7 Å². The Morgan fingerprint density at radius 2 is 2.32 bits per heavy atom. The summed E-state index contributed by atoms with van der Waals surface area (Å²) in [6.45, 7) is 2.73. The van der Waals surface area contributed by atoms with Crippen LogP contribution in [0, 0.1) is 11.2 Å². The summed E-state index contributed by atoms with van der Waals surface area (Å²) in [6.07, 6.45) is 5.82. The summed E-state index contributed by atoms with van der Waals surface area (Å²) >= 11 is 0. The molecule has 0 spiro atoms. The van der Waals surface area contributed by atoms with Crippen molar-refractivity contribution >= 4 is 11.7 Å². The third kappa shape index (κ3) is 3.01. The van der Waals surface area contributed by atoms with Gasteiger partial charge < -0.3 is 10.7 Å². The third-order valence-electron chi connectivity index (χ3n) is 3.63. The smallest absolute Gasteiger partial charge is 0.254 e. The lowest BCUT2D eigenvalue weighted by Gasteiger charge is -2.15. The van der Waals surface area contributed by atoms with Crippen LogP contribution in [0.25, 0.3) is 0 Å². The second-order valence-corrected chi connectivity index (χ2v) is 5.10. The molecule has 5 nitrogen and oxygen atoms in total. The topological polar surface area (TPSA) is 80.0 Å². The van der Waals surface area contributed by atoms with Gasteiger partial charge in [0.05, 0.1) is 5.56 Å². The highest BCUT2D eigenvalue weighted by Crippen LogP contribution is 2.48. The summed E-state index contributed by atoms with van der Waals surface area (Å²) in [5.41, 5.74) is 2.34. The van der Waals surface area contributed by atoms with Gasteiger partial charge in [-0.05, 0) is 30.7 Å². The normalized spacial score (nSPS) is 15.9. The molecule has 1 aromatic heterocycles. The molecule has 1 saturated carbocycles. The molecule has 1 fully saturated rings. The van der Waals surface area contributed by atoms with E-state index in [1.165, 1.54) is 12.3 Å². The van der Waals surface area contributed by atoms with Crippen LogP contribution in [0.2, 0.25) is 0 Å². The molecule has 0 unspecified atom stereocenters. The number of rotatable bonds is 6. The van der Waals surface area contributed by atoms with Gasteiger partial charge in [0.2, 0.25) is 0 Å². The Morgan fingerprint density at radius 3 is 2.89 bits per heavy atom. The fourth-order valence-electron chi connectivity index (χ4n) is 2.31. The number of nitrogens with zero attached hydrogens (tertiary/aromatic N) is 1. The SMILES string of the molecule is CCCC1(CNC(=O)c2ccnc(NN)c2F)CC1. The van der Waals surface area contributed by atoms with E-state index in [0.717, 1.165) is 25.7 Å². The molecule has 19 heavy (non-hydrogen) atoms. The van der Waals surface area contributed by atoms with Crippen molar-refractivity contribution < 1.29 is 9.18 Å². The molecule has 1 amide bonds. The number of halogens is 1. The van der Waals surface area contributed by atoms with Crippen molar-refractivity contribution in [2.24, 2.45) is 11.3 Å². The number of hydrazine groups is 1. The predicted octanol–water partition coefficient (Wildman–Crippen LogP) is 1.82. The highest BCUT2D eigenvalue weighted by molar-refractivity contribution is 5.95. The van der Waals surface area contributed by atoms with E-state index in [4.69, 9.17) is 5.84 Å². The first-order valence-electron chi connectivity index (χ1n) is 6.51. The van der Waals surface area contributed by atoms with Gasteiger partial charge in [0.15, 0.2) is 11.6 Å². The Morgan fingerprint density at radius 1 is 1.58 bits per heavy atom. The molecule has 0 aromatic carbocycles. The zero-order chi connectivity index (χ0) is 13.9. The van der Waals surface area contributed by atoms with Gasteiger partial charge in [-0.1, -0.05) is 13.3 Å². The molecular weight excluding hydrogens is 247 g/mol. The Hall–Kier alpha value is -1.69. The number of pyridine rings is 1. The van der Waals surface area contributed by atoms with Crippen LogP contribution in [0.5, 0.6) is 0 Å². The number of aromatic nitrogens is 1.